The average molecular weight is 309 g/mol. The van der Waals surface area contributed by atoms with E-state index >= 15 is 0 Å². The largest absolute Gasteiger partial charge is 0.294 e. The van der Waals surface area contributed by atoms with Gasteiger partial charge in [-0.25, -0.2) is 9.50 Å². The Bertz CT molecular complexity index is 967. The van der Waals surface area contributed by atoms with Crippen molar-refractivity contribution in [3.63, 3.8) is 0 Å². The van der Waals surface area contributed by atoms with Crippen LogP contribution >= 0.6 is 11.3 Å². The van der Waals surface area contributed by atoms with Crippen molar-refractivity contribution < 1.29 is 4.79 Å². The van der Waals surface area contributed by atoms with Gasteiger partial charge in [-0.2, -0.15) is 10.2 Å². The number of nitrogens with one attached hydrogen (secondary N) is 1. The minimum Gasteiger partial charge on any atom is -0.294 e. The summed E-state index contributed by atoms with van der Waals surface area (Å²) in [6.45, 7) is 1.57. The number of hydrogen-bond donors (Lipinski definition) is 1. The van der Waals surface area contributed by atoms with Crippen molar-refractivity contribution in [2.75, 3.05) is 0 Å². The minimum atomic E-state index is 0.0722. The highest BCUT2D eigenvalue weighted by Gasteiger charge is 2.12. The zero-order valence-corrected chi connectivity index (χ0v) is 12.5. The lowest BCUT2D eigenvalue weighted by Gasteiger charge is -1.99. The number of aromatic nitrogens is 5. The van der Waals surface area contributed by atoms with Gasteiger partial charge in [0.25, 0.3) is 0 Å². The van der Waals surface area contributed by atoms with E-state index in [1.54, 1.807) is 30.0 Å². The van der Waals surface area contributed by atoms with Gasteiger partial charge in [0.15, 0.2) is 11.4 Å². The number of ketones is 1. The van der Waals surface area contributed by atoms with Crippen LogP contribution in [0.2, 0.25) is 0 Å². The number of carbonyl (C=O) groups excluding carboxylic acids is 1. The number of fused-ring (bicyclic) bond motifs is 1. The quantitative estimate of drug-likeness (QED) is 0.590. The van der Waals surface area contributed by atoms with Gasteiger partial charge >= 0.3 is 0 Å². The molecule has 6 nitrogen and oxygen atoms in total. The molecule has 1 N–H and O–H groups in total. The molecule has 7 heteroatoms. The van der Waals surface area contributed by atoms with Crippen LogP contribution in [0.3, 0.4) is 0 Å². The van der Waals surface area contributed by atoms with Crippen LogP contribution in [0.25, 0.3) is 27.9 Å². The summed E-state index contributed by atoms with van der Waals surface area (Å²) in [5.74, 6) is 0.0722. The molecule has 0 unspecified atom stereocenters. The van der Waals surface area contributed by atoms with E-state index in [0.717, 1.165) is 32.8 Å². The molecule has 0 spiro atoms. The molecule has 0 radical (unpaired) electrons. The van der Waals surface area contributed by atoms with E-state index < -0.39 is 0 Å². The maximum atomic E-state index is 11.4. The number of Topliss-reactive ketones (excluding diaryl/α,β-unsaturated/α-hetero) is 1. The third kappa shape index (κ3) is 2.03. The van der Waals surface area contributed by atoms with Crippen molar-refractivity contribution in [2.24, 2.45) is 0 Å². The Hall–Kier alpha value is -2.80. The average Bonchev–Trinajstić information content (AvgIpc) is 3.25. The summed E-state index contributed by atoms with van der Waals surface area (Å²) >= 11 is 1.44. The normalized spacial score (nSPS) is 11.1. The zero-order chi connectivity index (χ0) is 15.1. The summed E-state index contributed by atoms with van der Waals surface area (Å²) in [6.07, 6.45) is 9.03. The number of hydrogen-bond acceptors (Lipinski definition) is 5. The third-order valence-electron chi connectivity index (χ3n) is 3.45. The highest BCUT2D eigenvalue weighted by atomic mass is 32.1. The van der Waals surface area contributed by atoms with Crippen molar-refractivity contribution in [3.8, 4) is 22.3 Å². The summed E-state index contributed by atoms with van der Waals surface area (Å²) in [6, 6.07) is 1.88. The third-order valence-corrected chi connectivity index (χ3v) is 4.48. The van der Waals surface area contributed by atoms with Gasteiger partial charge in [-0.05, 0) is 23.9 Å². The van der Waals surface area contributed by atoms with E-state index in [0.29, 0.717) is 0 Å². The Kier molecular flexibility index (Phi) is 2.87. The van der Waals surface area contributed by atoms with Crippen LogP contribution in [0.4, 0.5) is 0 Å². The molecule has 0 aliphatic rings. The molecule has 0 saturated carbocycles. The second-order valence-corrected chi connectivity index (χ2v) is 5.82. The highest BCUT2D eigenvalue weighted by Crippen LogP contribution is 2.29. The van der Waals surface area contributed by atoms with Crippen LogP contribution in [-0.4, -0.2) is 30.6 Å². The fourth-order valence-corrected chi connectivity index (χ4v) is 3.11. The standard InChI is InChI=1S/C15H11N5OS/c1-9(21)14-2-10(8-22-14)13-6-19-20-7-12(3-16-15(13)20)11-4-17-18-5-11/h2-8H,1H3,(H,17,18). The van der Waals surface area contributed by atoms with Gasteiger partial charge in [0.05, 0.1) is 17.3 Å². The predicted molar refractivity (Wildman–Crippen MR) is 83.9 cm³/mol. The van der Waals surface area contributed by atoms with Gasteiger partial charge in [0.1, 0.15) is 0 Å². The Morgan fingerprint density at radius 1 is 1.23 bits per heavy atom. The van der Waals surface area contributed by atoms with Crippen LogP contribution in [0.1, 0.15) is 16.6 Å². The molecule has 0 aliphatic carbocycles. The summed E-state index contributed by atoms with van der Waals surface area (Å²) in [5.41, 5.74) is 4.54. The fraction of sp³-hybridized carbons (Fsp3) is 0.0667. The molecule has 4 aromatic heterocycles. The van der Waals surface area contributed by atoms with E-state index in [1.807, 2.05) is 23.8 Å². The van der Waals surface area contributed by atoms with Crippen molar-refractivity contribution in [1.82, 2.24) is 24.8 Å². The fourth-order valence-electron chi connectivity index (χ4n) is 2.30. The van der Waals surface area contributed by atoms with Crippen molar-refractivity contribution in [1.29, 1.82) is 0 Å². The first-order valence-electron chi connectivity index (χ1n) is 6.65. The summed E-state index contributed by atoms with van der Waals surface area (Å²) in [5, 5.41) is 13.0. The molecule has 0 fully saturated rings. The second kappa shape index (κ2) is 4.88. The molecule has 4 heterocycles. The molecule has 0 saturated heterocycles. The molecular formula is C15H11N5OS. The Morgan fingerprint density at radius 3 is 2.86 bits per heavy atom. The van der Waals surface area contributed by atoms with Gasteiger partial charge in [0, 0.05) is 35.3 Å². The van der Waals surface area contributed by atoms with Crippen LogP contribution in [0, 0.1) is 0 Å². The first kappa shape index (κ1) is 12.9. The predicted octanol–water partition coefficient (Wildman–Crippen LogP) is 3.05. The van der Waals surface area contributed by atoms with Crippen LogP contribution < -0.4 is 0 Å². The van der Waals surface area contributed by atoms with Gasteiger partial charge < -0.3 is 0 Å². The van der Waals surface area contributed by atoms with Gasteiger partial charge in [-0.1, -0.05) is 0 Å². The SMILES string of the molecule is CC(=O)c1cc(-c2cnn3cc(-c4cn[nH]c4)cnc23)cs1. The number of carbonyl (C=O) groups is 1. The summed E-state index contributed by atoms with van der Waals surface area (Å²) in [4.78, 5) is 16.7. The van der Waals surface area contributed by atoms with Gasteiger partial charge in [0.2, 0.25) is 0 Å². The first-order valence-corrected chi connectivity index (χ1v) is 7.53. The van der Waals surface area contributed by atoms with E-state index in [2.05, 4.69) is 20.3 Å². The van der Waals surface area contributed by atoms with Crippen molar-refractivity contribution in [2.45, 2.75) is 6.92 Å². The molecular weight excluding hydrogens is 298 g/mol. The Balaban J connectivity index is 1.81. The van der Waals surface area contributed by atoms with E-state index in [1.165, 1.54) is 11.3 Å². The molecule has 22 heavy (non-hydrogen) atoms. The first-order chi connectivity index (χ1) is 10.7. The molecule has 0 atom stereocenters. The molecule has 108 valence electrons. The lowest BCUT2D eigenvalue weighted by Crippen LogP contribution is -1.91. The lowest BCUT2D eigenvalue weighted by molar-refractivity contribution is 0.102. The number of rotatable bonds is 3. The molecule has 4 rings (SSSR count). The number of nitrogens with zero attached hydrogens (tertiary/aromatic N) is 4. The van der Waals surface area contributed by atoms with E-state index in [9.17, 15) is 4.79 Å². The molecule has 0 amide bonds. The number of aromatic amines is 1. The molecule has 0 aromatic carbocycles. The van der Waals surface area contributed by atoms with E-state index in [4.69, 9.17) is 0 Å². The summed E-state index contributed by atoms with van der Waals surface area (Å²) < 4.78 is 1.74. The number of thiophene rings is 1. The van der Waals surface area contributed by atoms with Crippen molar-refractivity contribution >= 4 is 22.8 Å². The van der Waals surface area contributed by atoms with E-state index in [-0.39, 0.29) is 5.78 Å². The Morgan fingerprint density at radius 2 is 2.14 bits per heavy atom. The molecule has 0 aliphatic heterocycles. The topological polar surface area (TPSA) is 75.9 Å². The second-order valence-electron chi connectivity index (χ2n) is 4.91. The molecule has 4 aromatic rings. The van der Waals surface area contributed by atoms with Crippen LogP contribution in [0.5, 0.6) is 0 Å². The smallest absolute Gasteiger partial charge is 0.169 e. The maximum absolute atomic E-state index is 11.4. The van der Waals surface area contributed by atoms with Crippen molar-refractivity contribution in [3.05, 3.63) is 47.3 Å². The maximum Gasteiger partial charge on any atom is 0.169 e. The highest BCUT2D eigenvalue weighted by molar-refractivity contribution is 7.12. The van der Waals surface area contributed by atoms with Gasteiger partial charge in [-0.15, -0.1) is 11.3 Å². The number of H-pyrrole nitrogens is 1. The monoisotopic (exact) mass is 309 g/mol. The molecule has 0 bridgehead atoms. The van der Waals surface area contributed by atoms with Gasteiger partial charge in [-0.3, -0.25) is 9.89 Å². The lowest BCUT2D eigenvalue weighted by atomic mass is 10.1. The Labute approximate surface area is 129 Å². The minimum absolute atomic E-state index is 0.0722. The van der Waals surface area contributed by atoms with Crippen LogP contribution in [0.15, 0.2) is 42.4 Å². The van der Waals surface area contributed by atoms with Crippen LogP contribution in [-0.2, 0) is 0 Å². The zero-order valence-electron chi connectivity index (χ0n) is 11.6. The summed E-state index contributed by atoms with van der Waals surface area (Å²) in [7, 11) is 0.